The van der Waals surface area contributed by atoms with Gasteiger partial charge in [0.2, 0.25) is 0 Å². The maximum absolute atomic E-state index is 5.74. The zero-order valence-corrected chi connectivity index (χ0v) is 13.1. The summed E-state index contributed by atoms with van der Waals surface area (Å²) in [5.41, 5.74) is 2.56. The molecule has 1 heterocycles. The number of ether oxygens (including phenoxy) is 1. The van der Waals surface area contributed by atoms with Crippen molar-refractivity contribution >= 4 is 15.9 Å². The van der Waals surface area contributed by atoms with Crippen LogP contribution in [0.3, 0.4) is 0 Å². The third-order valence-corrected chi connectivity index (χ3v) is 4.26. The molecule has 0 bridgehead atoms. The Morgan fingerprint density at radius 1 is 1.20 bits per heavy atom. The molecular formula is C17H18BrNO. The van der Waals surface area contributed by atoms with Gasteiger partial charge in [-0.3, -0.25) is 0 Å². The lowest BCUT2D eigenvalue weighted by molar-refractivity contribution is 0.246. The first-order valence-electron chi connectivity index (χ1n) is 6.97. The summed E-state index contributed by atoms with van der Waals surface area (Å²) in [7, 11) is 0. The Balaban J connectivity index is 1.81. The maximum Gasteiger partial charge on any atom is 0.124 e. The molecule has 3 rings (SSSR count). The Morgan fingerprint density at radius 2 is 2.00 bits per heavy atom. The Kier molecular flexibility index (Phi) is 4.08. The van der Waals surface area contributed by atoms with Gasteiger partial charge in [0, 0.05) is 28.5 Å². The zero-order chi connectivity index (χ0) is 13.9. The third kappa shape index (κ3) is 2.89. The molecule has 2 aromatic carbocycles. The fraction of sp³-hybridized carbons (Fsp3) is 0.294. The molecule has 1 aliphatic heterocycles. The largest absolute Gasteiger partial charge is 0.493 e. The summed E-state index contributed by atoms with van der Waals surface area (Å²) in [6, 6.07) is 17.4. The number of hydrogen-bond donors (Lipinski definition) is 1. The summed E-state index contributed by atoms with van der Waals surface area (Å²) in [5.74, 6) is 0.997. The molecule has 2 aromatic rings. The van der Waals surface area contributed by atoms with Gasteiger partial charge in [0.25, 0.3) is 0 Å². The first kappa shape index (κ1) is 13.7. The summed E-state index contributed by atoms with van der Waals surface area (Å²) in [4.78, 5) is 0. The van der Waals surface area contributed by atoms with E-state index in [0.717, 1.165) is 23.2 Å². The van der Waals surface area contributed by atoms with Crippen LogP contribution in [0, 0.1) is 0 Å². The molecule has 1 unspecified atom stereocenters. The van der Waals surface area contributed by atoms with Crippen LogP contribution in [0.4, 0.5) is 0 Å². The number of fused-ring (bicyclic) bond motifs is 1. The van der Waals surface area contributed by atoms with Crippen molar-refractivity contribution in [3.8, 4) is 5.75 Å². The summed E-state index contributed by atoms with van der Waals surface area (Å²) >= 11 is 3.55. The third-order valence-electron chi connectivity index (χ3n) is 3.76. The summed E-state index contributed by atoms with van der Waals surface area (Å²) in [6.07, 6.45) is 1.00. The van der Waals surface area contributed by atoms with Crippen LogP contribution >= 0.6 is 15.9 Å². The van der Waals surface area contributed by atoms with E-state index in [2.05, 4.69) is 64.6 Å². The van der Waals surface area contributed by atoms with E-state index >= 15 is 0 Å². The van der Waals surface area contributed by atoms with E-state index < -0.39 is 0 Å². The van der Waals surface area contributed by atoms with E-state index in [9.17, 15) is 0 Å². The van der Waals surface area contributed by atoms with Gasteiger partial charge in [0.05, 0.1) is 6.61 Å². The van der Waals surface area contributed by atoms with Gasteiger partial charge in [-0.25, -0.2) is 0 Å². The Hall–Kier alpha value is -1.32. The first-order valence-corrected chi connectivity index (χ1v) is 7.76. The zero-order valence-electron chi connectivity index (χ0n) is 11.5. The van der Waals surface area contributed by atoms with Gasteiger partial charge >= 0.3 is 0 Å². The minimum absolute atomic E-state index is 0.325. The average molecular weight is 332 g/mol. The van der Waals surface area contributed by atoms with Crippen molar-refractivity contribution in [3.63, 3.8) is 0 Å². The van der Waals surface area contributed by atoms with Gasteiger partial charge in [-0.05, 0) is 30.7 Å². The quantitative estimate of drug-likeness (QED) is 0.885. The topological polar surface area (TPSA) is 21.3 Å². The number of benzene rings is 2. The van der Waals surface area contributed by atoms with Gasteiger partial charge in [0.1, 0.15) is 5.75 Å². The number of hydrogen-bond acceptors (Lipinski definition) is 2. The van der Waals surface area contributed by atoms with Crippen molar-refractivity contribution in [3.05, 3.63) is 64.1 Å². The first-order chi connectivity index (χ1) is 9.74. The van der Waals surface area contributed by atoms with E-state index in [1.54, 1.807) is 0 Å². The highest BCUT2D eigenvalue weighted by Crippen LogP contribution is 2.35. The molecule has 0 aromatic heterocycles. The van der Waals surface area contributed by atoms with Crippen LogP contribution in [0.1, 0.15) is 36.6 Å². The highest BCUT2D eigenvalue weighted by molar-refractivity contribution is 9.10. The van der Waals surface area contributed by atoms with E-state index in [1.165, 1.54) is 11.1 Å². The normalized spacial score (nSPS) is 19.0. The molecule has 0 saturated heterocycles. The SMILES string of the molecule is C[C@H](NC1CCOc2ccc(Br)cc21)c1ccccc1. The van der Waals surface area contributed by atoms with E-state index in [4.69, 9.17) is 4.74 Å². The highest BCUT2D eigenvalue weighted by atomic mass is 79.9. The van der Waals surface area contributed by atoms with Crippen molar-refractivity contribution in [2.45, 2.75) is 25.4 Å². The maximum atomic E-state index is 5.74. The van der Waals surface area contributed by atoms with E-state index in [0.29, 0.717) is 12.1 Å². The fourth-order valence-electron chi connectivity index (χ4n) is 2.68. The average Bonchev–Trinajstić information content (AvgIpc) is 2.49. The van der Waals surface area contributed by atoms with E-state index in [-0.39, 0.29) is 0 Å². The molecule has 2 nitrogen and oxygen atoms in total. The highest BCUT2D eigenvalue weighted by Gasteiger charge is 2.23. The predicted octanol–water partition coefficient (Wildman–Crippen LogP) is 4.62. The summed E-state index contributed by atoms with van der Waals surface area (Å²) < 4.78 is 6.83. The van der Waals surface area contributed by atoms with Crippen LogP contribution in [-0.2, 0) is 0 Å². The monoisotopic (exact) mass is 331 g/mol. The predicted molar refractivity (Wildman–Crippen MR) is 85.0 cm³/mol. The number of rotatable bonds is 3. The van der Waals surface area contributed by atoms with Gasteiger partial charge < -0.3 is 10.1 Å². The van der Waals surface area contributed by atoms with Crippen molar-refractivity contribution < 1.29 is 4.74 Å². The van der Waals surface area contributed by atoms with Gasteiger partial charge in [0.15, 0.2) is 0 Å². The van der Waals surface area contributed by atoms with Crippen LogP contribution in [0.15, 0.2) is 53.0 Å². The van der Waals surface area contributed by atoms with Crippen molar-refractivity contribution in [2.75, 3.05) is 6.61 Å². The Morgan fingerprint density at radius 3 is 2.80 bits per heavy atom. The standard InChI is InChI=1S/C17H18BrNO/c1-12(13-5-3-2-4-6-13)19-16-9-10-20-17-8-7-14(18)11-15(16)17/h2-8,11-12,16,19H,9-10H2,1H3/t12-,16?/m0/s1. The molecule has 0 amide bonds. The summed E-state index contributed by atoms with van der Waals surface area (Å²) in [6.45, 7) is 2.98. The number of nitrogens with one attached hydrogen (secondary N) is 1. The second-order valence-electron chi connectivity index (χ2n) is 5.17. The van der Waals surface area contributed by atoms with Gasteiger partial charge in [-0.2, -0.15) is 0 Å². The molecule has 1 aliphatic rings. The molecule has 20 heavy (non-hydrogen) atoms. The lowest BCUT2D eigenvalue weighted by Crippen LogP contribution is -2.29. The Labute approximate surface area is 128 Å². The minimum atomic E-state index is 0.325. The summed E-state index contributed by atoms with van der Waals surface area (Å²) in [5, 5.41) is 3.72. The van der Waals surface area contributed by atoms with Gasteiger partial charge in [-0.1, -0.05) is 46.3 Å². The Bertz CT molecular complexity index is 585. The second kappa shape index (κ2) is 5.98. The van der Waals surface area contributed by atoms with Crippen LogP contribution in [-0.4, -0.2) is 6.61 Å². The molecule has 0 aliphatic carbocycles. The minimum Gasteiger partial charge on any atom is -0.493 e. The van der Waals surface area contributed by atoms with Crippen LogP contribution in [0.5, 0.6) is 5.75 Å². The van der Waals surface area contributed by atoms with Crippen LogP contribution in [0.2, 0.25) is 0 Å². The van der Waals surface area contributed by atoms with E-state index in [1.807, 2.05) is 12.1 Å². The van der Waals surface area contributed by atoms with Crippen LogP contribution in [0.25, 0.3) is 0 Å². The lowest BCUT2D eigenvalue weighted by Gasteiger charge is -2.29. The van der Waals surface area contributed by atoms with Crippen molar-refractivity contribution in [1.82, 2.24) is 5.32 Å². The van der Waals surface area contributed by atoms with Crippen LogP contribution < -0.4 is 10.1 Å². The molecule has 3 heteroatoms. The molecule has 0 saturated carbocycles. The molecule has 0 fully saturated rings. The fourth-order valence-corrected chi connectivity index (χ4v) is 3.06. The molecule has 1 N–H and O–H groups in total. The van der Waals surface area contributed by atoms with Crippen molar-refractivity contribution in [1.29, 1.82) is 0 Å². The van der Waals surface area contributed by atoms with Gasteiger partial charge in [-0.15, -0.1) is 0 Å². The molecule has 104 valence electrons. The number of halogens is 1. The molecule has 0 spiro atoms. The molecule has 2 atom stereocenters. The smallest absolute Gasteiger partial charge is 0.124 e. The van der Waals surface area contributed by atoms with Crippen molar-refractivity contribution in [2.24, 2.45) is 0 Å². The molecular weight excluding hydrogens is 314 g/mol. The molecule has 0 radical (unpaired) electrons. The lowest BCUT2D eigenvalue weighted by atomic mass is 9.98. The second-order valence-corrected chi connectivity index (χ2v) is 6.09.